The molecule has 3 heteroatoms. The third-order valence-corrected chi connectivity index (χ3v) is 3.77. The fraction of sp³-hybridized carbons (Fsp3) is 0.636. The van der Waals surface area contributed by atoms with E-state index in [0.717, 1.165) is 18.4 Å². The Bertz CT molecular complexity index is 381. The second-order valence-corrected chi connectivity index (χ2v) is 4.57. The second kappa shape index (κ2) is 2.46. The van der Waals surface area contributed by atoms with Gasteiger partial charge in [0.1, 0.15) is 6.07 Å². The Labute approximate surface area is 83.0 Å². The predicted octanol–water partition coefficient (Wildman–Crippen LogP) is 1.33. The van der Waals surface area contributed by atoms with Crippen LogP contribution >= 0.6 is 0 Å². The molecule has 1 N–H and O–H groups in total. The minimum atomic E-state index is -0.950. The third kappa shape index (κ3) is 0.921. The molecule has 0 amide bonds. The molecule has 1 unspecified atom stereocenters. The Kier molecular flexibility index (Phi) is 1.65. The zero-order chi connectivity index (χ0) is 10.6. The van der Waals surface area contributed by atoms with Crippen molar-refractivity contribution in [2.45, 2.75) is 38.7 Å². The number of hydrogen-bond acceptors (Lipinski definition) is 3. The molecule has 0 heterocycles. The molecule has 2 aliphatic carbocycles. The number of ketones is 1. The SMILES string of the molecule is CC1=C(C#N)C(=O)CC(C)(O)C12CC2. The molecule has 2 rings (SSSR count). The van der Waals surface area contributed by atoms with E-state index in [1.54, 1.807) is 13.8 Å². The quantitative estimate of drug-likeness (QED) is 0.628. The molecule has 1 spiro atoms. The van der Waals surface area contributed by atoms with Crippen LogP contribution in [0.4, 0.5) is 0 Å². The Morgan fingerprint density at radius 2 is 2.07 bits per heavy atom. The maximum Gasteiger partial charge on any atom is 0.176 e. The molecule has 3 nitrogen and oxygen atoms in total. The van der Waals surface area contributed by atoms with Crippen LogP contribution in [0.2, 0.25) is 0 Å². The van der Waals surface area contributed by atoms with Gasteiger partial charge in [-0.05, 0) is 32.3 Å². The largest absolute Gasteiger partial charge is 0.389 e. The van der Waals surface area contributed by atoms with Gasteiger partial charge in [-0.25, -0.2) is 0 Å². The first-order chi connectivity index (χ1) is 6.44. The van der Waals surface area contributed by atoms with E-state index in [0.29, 0.717) is 0 Å². The van der Waals surface area contributed by atoms with Gasteiger partial charge in [-0.15, -0.1) is 0 Å². The number of rotatable bonds is 0. The molecule has 0 bridgehead atoms. The zero-order valence-electron chi connectivity index (χ0n) is 8.42. The molecule has 1 saturated carbocycles. The van der Waals surface area contributed by atoms with Crippen molar-refractivity contribution >= 4 is 5.78 Å². The monoisotopic (exact) mass is 191 g/mol. The van der Waals surface area contributed by atoms with E-state index >= 15 is 0 Å². The second-order valence-electron chi connectivity index (χ2n) is 4.57. The van der Waals surface area contributed by atoms with Crippen molar-refractivity contribution in [2.75, 3.05) is 0 Å². The highest BCUT2D eigenvalue weighted by Gasteiger charge is 2.61. The predicted molar refractivity (Wildman–Crippen MR) is 50.2 cm³/mol. The van der Waals surface area contributed by atoms with Crippen LogP contribution in [-0.4, -0.2) is 16.5 Å². The van der Waals surface area contributed by atoms with Crippen LogP contribution in [0.3, 0.4) is 0 Å². The minimum absolute atomic E-state index is 0.0905. The van der Waals surface area contributed by atoms with Crippen LogP contribution in [-0.2, 0) is 4.79 Å². The smallest absolute Gasteiger partial charge is 0.176 e. The first kappa shape index (κ1) is 9.42. The Morgan fingerprint density at radius 3 is 2.50 bits per heavy atom. The van der Waals surface area contributed by atoms with Crippen molar-refractivity contribution in [1.82, 2.24) is 0 Å². The molecule has 74 valence electrons. The van der Waals surface area contributed by atoms with Gasteiger partial charge in [0, 0.05) is 11.8 Å². The number of hydrogen-bond donors (Lipinski definition) is 1. The van der Waals surface area contributed by atoms with Crippen LogP contribution in [0, 0.1) is 16.7 Å². The van der Waals surface area contributed by atoms with Gasteiger partial charge in [-0.3, -0.25) is 4.79 Å². The summed E-state index contributed by atoms with van der Waals surface area (Å²) in [6, 6.07) is 1.96. The standard InChI is InChI=1S/C11H13NO2/c1-7-8(6-12)9(13)5-10(2,14)11(7)3-4-11/h14H,3-5H2,1-2H3. The zero-order valence-corrected chi connectivity index (χ0v) is 8.42. The van der Waals surface area contributed by atoms with E-state index in [9.17, 15) is 9.90 Å². The van der Waals surface area contributed by atoms with E-state index in [1.807, 2.05) is 6.07 Å². The Morgan fingerprint density at radius 1 is 1.50 bits per heavy atom. The Balaban J connectivity index is 2.57. The number of nitriles is 1. The van der Waals surface area contributed by atoms with Crippen molar-refractivity contribution in [3.63, 3.8) is 0 Å². The van der Waals surface area contributed by atoms with Crippen molar-refractivity contribution < 1.29 is 9.90 Å². The highest BCUT2D eigenvalue weighted by atomic mass is 16.3. The van der Waals surface area contributed by atoms with E-state index in [4.69, 9.17) is 5.26 Å². The van der Waals surface area contributed by atoms with Gasteiger partial charge in [0.25, 0.3) is 0 Å². The van der Waals surface area contributed by atoms with Gasteiger partial charge in [0.05, 0.1) is 11.2 Å². The molecule has 2 aliphatic rings. The van der Waals surface area contributed by atoms with E-state index in [2.05, 4.69) is 0 Å². The molecule has 0 aromatic carbocycles. The summed E-state index contributed by atoms with van der Waals surface area (Å²) in [7, 11) is 0. The number of carbonyl (C=O) groups excluding carboxylic acids is 1. The number of carbonyl (C=O) groups is 1. The number of aliphatic hydroxyl groups is 1. The van der Waals surface area contributed by atoms with Crippen molar-refractivity contribution in [1.29, 1.82) is 5.26 Å². The van der Waals surface area contributed by atoms with Gasteiger partial charge in [-0.1, -0.05) is 0 Å². The van der Waals surface area contributed by atoms with E-state index in [1.165, 1.54) is 0 Å². The summed E-state index contributed by atoms with van der Waals surface area (Å²) >= 11 is 0. The van der Waals surface area contributed by atoms with Crippen LogP contribution in [0.25, 0.3) is 0 Å². The first-order valence-electron chi connectivity index (χ1n) is 4.82. The lowest BCUT2D eigenvalue weighted by Gasteiger charge is -2.37. The van der Waals surface area contributed by atoms with Crippen LogP contribution < -0.4 is 0 Å². The Hall–Kier alpha value is -1.14. The molecule has 0 aromatic heterocycles. The molecule has 0 saturated heterocycles. The summed E-state index contributed by atoms with van der Waals surface area (Å²) in [5, 5.41) is 19.0. The average molecular weight is 191 g/mol. The van der Waals surface area contributed by atoms with Gasteiger partial charge < -0.3 is 5.11 Å². The fourth-order valence-corrected chi connectivity index (χ4v) is 2.61. The molecular formula is C11H13NO2. The van der Waals surface area contributed by atoms with Crippen molar-refractivity contribution in [3.05, 3.63) is 11.1 Å². The third-order valence-electron chi connectivity index (χ3n) is 3.77. The summed E-state index contributed by atoms with van der Waals surface area (Å²) in [4.78, 5) is 11.5. The molecule has 14 heavy (non-hydrogen) atoms. The molecule has 0 aromatic rings. The van der Waals surface area contributed by atoms with E-state index in [-0.39, 0.29) is 23.2 Å². The van der Waals surface area contributed by atoms with E-state index < -0.39 is 5.60 Å². The van der Waals surface area contributed by atoms with Gasteiger partial charge in [0.15, 0.2) is 5.78 Å². The van der Waals surface area contributed by atoms with Crippen LogP contribution in [0.1, 0.15) is 33.1 Å². The summed E-state index contributed by atoms with van der Waals surface area (Å²) < 4.78 is 0. The van der Waals surface area contributed by atoms with Gasteiger partial charge in [-0.2, -0.15) is 5.26 Å². The molecule has 1 fully saturated rings. The summed E-state index contributed by atoms with van der Waals surface area (Å²) in [5.74, 6) is -0.215. The normalized spacial score (nSPS) is 34.6. The average Bonchev–Trinajstić information content (AvgIpc) is 2.81. The molecule has 0 radical (unpaired) electrons. The van der Waals surface area contributed by atoms with Crippen molar-refractivity contribution in [2.24, 2.45) is 5.41 Å². The molecular weight excluding hydrogens is 178 g/mol. The topological polar surface area (TPSA) is 61.1 Å². The highest BCUT2D eigenvalue weighted by Crippen LogP contribution is 2.62. The fourth-order valence-electron chi connectivity index (χ4n) is 2.61. The first-order valence-corrected chi connectivity index (χ1v) is 4.82. The number of Topliss-reactive ketones (excluding diaryl/α,β-unsaturated/α-hetero) is 1. The summed E-state index contributed by atoms with van der Waals surface area (Å²) in [5.41, 5.74) is -0.157. The lowest BCUT2D eigenvalue weighted by atomic mass is 9.70. The van der Waals surface area contributed by atoms with Crippen LogP contribution in [0.5, 0.6) is 0 Å². The van der Waals surface area contributed by atoms with Gasteiger partial charge in [0.2, 0.25) is 0 Å². The molecule has 0 aliphatic heterocycles. The maximum atomic E-state index is 11.5. The summed E-state index contributed by atoms with van der Waals surface area (Å²) in [6.45, 7) is 3.51. The number of nitrogens with zero attached hydrogens (tertiary/aromatic N) is 1. The highest BCUT2D eigenvalue weighted by molar-refractivity contribution is 6.02. The lowest BCUT2D eigenvalue weighted by molar-refractivity contribution is -0.123. The van der Waals surface area contributed by atoms with Crippen molar-refractivity contribution in [3.8, 4) is 6.07 Å². The van der Waals surface area contributed by atoms with Gasteiger partial charge >= 0.3 is 0 Å². The van der Waals surface area contributed by atoms with Crippen LogP contribution in [0.15, 0.2) is 11.1 Å². The summed E-state index contributed by atoms with van der Waals surface area (Å²) in [6.07, 6.45) is 1.88. The lowest BCUT2D eigenvalue weighted by Crippen LogP contribution is -2.43. The molecule has 1 atom stereocenters. The minimum Gasteiger partial charge on any atom is -0.389 e. The number of allylic oxidation sites excluding steroid dienone is 1. The maximum absolute atomic E-state index is 11.5.